The van der Waals surface area contributed by atoms with E-state index in [9.17, 15) is 9.87 Å². The van der Waals surface area contributed by atoms with Gasteiger partial charge in [0.2, 0.25) is 0 Å². The van der Waals surface area contributed by atoms with Crippen LogP contribution in [0.1, 0.15) is 67.9 Å². The van der Waals surface area contributed by atoms with E-state index in [1.165, 1.54) is 12.3 Å². The number of hydrogen-bond acceptors (Lipinski definition) is 4. The van der Waals surface area contributed by atoms with E-state index >= 15 is 0 Å². The Kier molecular flexibility index (Phi) is 8.92. The van der Waals surface area contributed by atoms with Crippen molar-refractivity contribution in [2.45, 2.75) is 64.1 Å². The normalized spacial score (nSPS) is 13.7. The highest BCUT2D eigenvalue weighted by Crippen LogP contribution is 2.37. The fraction of sp³-hybridized carbons (Fsp3) is 0.182. The fourth-order valence-electron chi connectivity index (χ4n) is 8.12. The molecule has 5 heteroatoms. The third-order valence-corrected chi connectivity index (χ3v) is 11.4. The smallest absolute Gasteiger partial charge is 0.171 e. The van der Waals surface area contributed by atoms with Gasteiger partial charge in [-0.05, 0) is 100 Å². The summed E-state index contributed by atoms with van der Waals surface area (Å²) in [5.74, 6) is -0.744. The number of aryl methyl sites for hydroxylation is 2. The Balaban J connectivity index is 1.06. The highest BCUT2D eigenvalue weighted by atomic mass is 19.1. The van der Waals surface area contributed by atoms with Crippen LogP contribution in [0.4, 0.5) is 4.39 Å². The first-order chi connectivity index (χ1) is 31.0. The van der Waals surface area contributed by atoms with Crippen LogP contribution in [0.15, 0.2) is 175 Å². The van der Waals surface area contributed by atoms with E-state index in [1.807, 2.05) is 109 Å². The lowest BCUT2D eigenvalue weighted by atomic mass is 9.77. The summed E-state index contributed by atoms with van der Waals surface area (Å²) in [6, 6.07) is 45.5. The lowest BCUT2D eigenvalue weighted by molar-refractivity contribution is 0.512. The summed E-state index contributed by atoms with van der Waals surface area (Å²) in [5.41, 5.74) is 8.53. The predicted molar refractivity (Wildman–Crippen MR) is 244 cm³/mol. The monoisotopic (exact) mass is 790 g/mol. The van der Waals surface area contributed by atoms with Gasteiger partial charge >= 0.3 is 0 Å². The number of furan rings is 1. The number of fused-ring (bicyclic) bond motifs is 3. The van der Waals surface area contributed by atoms with Crippen molar-refractivity contribution >= 4 is 21.9 Å². The van der Waals surface area contributed by atoms with E-state index in [0.717, 1.165) is 44.8 Å². The molecule has 0 saturated carbocycles. The zero-order chi connectivity index (χ0) is 45.7. The van der Waals surface area contributed by atoms with Crippen molar-refractivity contribution < 1.29 is 15.7 Å². The van der Waals surface area contributed by atoms with Crippen molar-refractivity contribution in [3.63, 3.8) is 0 Å². The fourth-order valence-corrected chi connectivity index (χ4v) is 8.12. The Morgan fingerprint density at radius 1 is 0.517 bits per heavy atom. The van der Waals surface area contributed by atoms with E-state index in [2.05, 4.69) is 50.9 Å². The van der Waals surface area contributed by atoms with Crippen LogP contribution in [-0.4, -0.2) is 15.0 Å². The molecule has 5 aromatic carbocycles. The Labute approximate surface area is 358 Å². The van der Waals surface area contributed by atoms with Gasteiger partial charge < -0.3 is 4.42 Å². The largest absolute Gasteiger partial charge is 0.452 e. The van der Waals surface area contributed by atoms with Crippen molar-refractivity contribution in [1.82, 2.24) is 15.0 Å². The third kappa shape index (κ3) is 8.13. The molecule has 60 heavy (non-hydrogen) atoms. The van der Waals surface area contributed by atoms with Crippen molar-refractivity contribution in [1.29, 1.82) is 0 Å². The molecular weight excluding hydrogens is 738 g/mol. The minimum absolute atomic E-state index is 0.00950. The molecular formula is C55H48FN3O. The second-order valence-electron chi connectivity index (χ2n) is 16.8. The topological polar surface area (TPSA) is 51.8 Å². The number of nitrogens with zero attached hydrogens (tertiary/aromatic N) is 3. The zero-order valence-electron chi connectivity index (χ0n) is 39.1. The van der Waals surface area contributed by atoms with Gasteiger partial charge in [0, 0.05) is 51.5 Å². The average molecular weight is 791 g/mol. The summed E-state index contributed by atoms with van der Waals surface area (Å²) in [7, 11) is 0. The molecule has 4 heterocycles. The van der Waals surface area contributed by atoms with E-state index < -0.39 is 29.4 Å². The van der Waals surface area contributed by atoms with Gasteiger partial charge in [-0.2, -0.15) is 0 Å². The standard InChI is InChI=1S/C55H48FN3O/c1-54(2,43-24-27-49(58-35-43)41-13-7-5-8-14-41)32-39-29-38(30-40(31-39)33-55(3,4)44-25-28-50(59-36-44)42-15-9-6-10-16-42)22-21-37-23-26-51(57-34-37)47-19-11-17-45-46-18-12-20-48(56)53(46)60-52(45)47/h5-20,23-31,34-36H,21-22,32-33H2,1-4H3/i20D,21D2,22D2. The molecule has 0 fully saturated rings. The summed E-state index contributed by atoms with van der Waals surface area (Å²) in [6.07, 6.45) is 1.26. The molecule has 296 valence electrons. The molecule has 4 nitrogen and oxygen atoms in total. The van der Waals surface area contributed by atoms with Gasteiger partial charge in [0.25, 0.3) is 0 Å². The van der Waals surface area contributed by atoms with Crippen molar-refractivity contribution in [3.8, 4) is 33.8 Å². The molecule has 0 unspecified atom stereocenters. The number of aromatic nitrogens is 3. The van der Waals surface area contributed by atoms with Crippen LogP contribution in [-0.2, 0) is 36.4 Å². The summed E-state index contributed by atoms with van der Waals surface area (Å²) in [5, 5.41) is 1.21. The first-order valence-corrected chi connectivity index (χ1v) is 20.3. The molecule has 9 rings (SSSR count). The van der Waals surface area contributed by atoms with Crippen LogP contribution < -0.4 is 0 Å². The van der Waals surface area contributed by atoms with Gasteiger partial charge in [0.05, 0.1) is 18.5 Å². The minimum atomic E-state index is -2.52. The van der Waals surface area contributed by atoms with Gasteiger partial charge in [0.15, 0.2) is 11.4 Å². The van der Waals surface area contributed by atoms with Gasteiger partial charge in [-0.1, -0.05) is 149 Å². The van der Waals surface area contributed by atoms with Crippen molar-refractivity contribution in [3.05, 3.63) is 209 Å². The SMILES string of the molecule is [2H]c1ccc2c(oc3c(-c4ccc(C([2H])([2H])C([2H])([2H])c5cc(CC(C)(C)c6ccc(-c7ccccc7)nc6)cc(CC(C)(C)c6ccc(-c7ccccc7)nc6)c5)cn4)cccc32)c1F. The Morgan fingerprint density at radius 3 is 1.58 bits per heavy atom. The number of halogens is 1. The maximum Gasteiger partial charge on any atom is 0.171 e. The van der Waals surface area contributed by atoms with Crippen LogP contribution in [0.2, 0.25) is 0 Å². The second kappa shape index (κ2) is 16.1. The molecule has 0 bridgehead atoms. The van der Waals surface area contributed by atoms with Gasteiger partial charge in [0.1, 0.15) is 5.58 Å². The van der Waals surface area contributed by atoms with Crippen LogP contribution in [0.5, 0.6) is 0 Å². The summed E-state index contributed by atoms with van der Waals surface area (Å²) >= 11 is 0. The summed E-state index contributed by atoms with van der Waals surface area (Å²) < 4.78 is 66.9. The zero-order valence-corrected chi connectivity index (χ0v) is 34.1. The lowest BCUT2D eigenvalue weighted by Gasteiger charge is -2.28. The Morgan fingerprint density at radius 2 is 1.03 bits per heavy atom. The van der Waals surface area contributed by atoms with Crippen LogP contribution in [0.25, 0.3) is 55.7 Å². The highest BCUT2D eigenvalue weighted by molar-refractivity contribution is 6.09. The maximum absolute atomic E-state index is 14.9. The maximum atomic E-state index is 14.9. The highest BCUT2D eigenvalue weighted by Gasteiger charge is 2.25. The van der Waals surface area contributed by atoms with Gasteiger partial charge in [-0.3, -0.25) is 15.0 Å². The molecule has 0 spiro atoms. The molecule has 0 aliphatic carbocycles. The van der Waals surface area contributed by atoms with E-state index in [-0.39, 0.29) is 22.8 Å². The van der Waals surface area contributed by atoms with Gasteiger partial charge in [-0.15, -0.1) is 0 Å². The quantitative estimate of drug-likeness (QED) is 0.124. The van der Waals surface area contributed by atoms with Crippen LogP contribution in [0, 0.1) is 5.82 Å². The molecule has 0 aliphatic rings. The van der Waals surface area contributed by atoms with E-state index in [0.29, 0.717) is 40.5 Å². The molecule has 9 aromatic rings. The Hall–Kier alpha value is -6.72. The molecule has 0 radical (unpaired) electrons. The first-order valence-electron chi connectivity index (χ1n) is 22.8. The molecule has 0 amide bonds. The number of para-hydroxylation sites is 2. The Bertz CT molecular complexity index is 3040. The molecule has 0 aliphatic heterocycles. The predicted octanol–water partition coefficient (Wildman–Crippen LogP) is 13.7. The van der Waals surface area contributed by atoms with Gasteiger partial charge in [-0.25, -0.2) is 4.39 Å². The number of hydrogen-bond donors (Lipinski definition) is 0. The minimum Gasteiger partial charge on any atom is -0.452 e. The summed E-state index contributed by atoms with van der Waals surface area (Å²) in [4.78, 5) is 14.2. The average Bonchev–Trinajstić information content (AvgIpc) is 3.70. The number of rotatable bonds is 12. The van der Waals surface area contributed by atoms with E-state index in [4.69, 9.17) is 15.8 Å². The number of benzene rings is 5. The lowest BCUT2D eigenvalue weighted by Crippen LogP contribution is -2.23. The third-order valence-electron chi connectivity index (χ3n) is 11.4. The first kappa shape index (κ1) is 33.1. The second-order valence-corrected chi connectivity index (χ2v) is 16.8. The molecule has 0 saturated heterocycles. The number of pyridine rings is 3. The van der Waals surface area contributed by atoms with Crippen LogP contribution in [0.3, 0.4) is 0 Å². The molecule has 4 aromatic heterocycles. The molecule has 0 N–H and O–H groups in total. The van der Waals surface area contributed by atoms with Crippen LogP contribution >= 0.6 is 0 Å². The molecule has 0 atom stereocenters. The summed E-state index contributed by atoms with van der Waals surface area (Å²) in [6.45, 7) is 8.61. The van der Waals surface area contributed by atoms with Crippen molar-refractivity contribution in [2.75, 3.05) is 0 Å². The van der Waals surface area contributed by atoms with E-state index in [1.54, 1.807) is 24.3 Å². The van der Waals surface area contributed by atoms with Crippen molar-refractivity contribution in [2.24, 2.45) is 0 Å².